The first-order chi connectivity index (χ1) is 12.3. The molecule has 2 rings (SSSR count). The van der Waals surface area contributed by atoms with Crippen LogP contribution in [0.15, 0.2) is 18.2 Å². The van der Waals surface area contributed by atoms with Crippen molar-refractivity contribution in [3.63, 3.8) is 0 Å². The van der Waals surface area contributed by atoms with Gasteiger partial charge in [-0.1, -0.05) is 23.2 Å². The molecular weight excluding hydrogens is 391 g/mol. The number of nitrogens with one attached hydrogen (secondary N) is 2. The minimum Gasteiger partial charge on any atom is -0.447 e. The summed E-state index contributed by atoms with van der Waals surface area (Å²) in [6, 6.07) is 5.22. The third kappa shape index (κ3) is 6.78. The normalized spacial score (nSPS) is 15.7. The van der Waals surface area contributed by atoms with Crippen LogP contribution in [0.2, 0.25) is 10.0 Å². The van der Waals surface area contributed by atoms with E-state index in [4.69, 9.17) is 32.7 Å². The van der Waals surface area contributed by atoms with Crippen molar-refractivity contribution in [1.29, 1.82) is 0 Å². The molecule has 0 unspecified atom stereocenters. The third-order valence-electron chi connectivity index (χ3n) is 3.91. The fraction of sp³-hybridized carbons (Fsp3) is 0.579. The fourth-order valence-electron chi connectivity index (χ4n) is 2.53. The molecule has 0 radical (unpaired) electrons. The van der Waals surface area contributed by atoms with Gasteiger partial charge >= 0.3 is 12.2 Å². The number of benzene rings is 1. The molecule has 0 saturated heterocycles. The van der Waals surface area contributed by atoms with Crippen molar-refractivity contribution in [2.45, 2.75) is 64.1 Å². The lowest BCUT2D eigenvalue weighted by Crippen LogP contribution is -2.50. The van der Waals surface area contributed by atoms with Gasteiger partial charge in [0, 0.05) is 10.0 Å². The van der Waals surface area contributed by atoms with E-state index in [1.807, 2.05) is 0 Å². The zero-order chi connectivity index (χ0) is 20.5. The highest BCUT2D eigenvalue weighted by Crippen LogP contribution is 2.46. The third-order valence-corrected chi connectivity index (χ3v) is 4.35. The second kappa shape index (κ2) is 7.76. The van der Waals surface area contributed by atoms with Gasteiger partial charge in [0.15, 0.2) is 0 Å². The molecular formula is C19H26Cl2N2O4. The summed E-state index contributed by atoms with van der Waals surface area (Å²) in [6.45, 7) is 8.81. The van der Waals surface area contributed by atoms with Gasteiger partial charge < -0.3 is 20.1 Å². The number of hydrogen-bond acceptors (Lipinski definition) is 4. The minimum absolute atomic E-state index is 0.00947. The lowest BCUT2D eigenvalue weighted by molar-refractivity contribution is 0.0407. The van der Waals surface area contributed by atoms with Gasteiger partial charge in [0.2, 0.25) is 0 Å². The van der Waals surface area contributed by atoms with Gasteiger partial charge in [-0.05, 0) is 71.2 Å². The summed E-state index contributed by atoms with van der Waals surface area (Å²) in [6.07, 6.45) is 0.419. The number of hydrogen-bond donors (Lipinski definition) is 2. The number of alkyl carbamates (subject to hydrolysis) is 2. The Morgan fingerprint density at radius 2 is 1.59 bits per heavy atom. The van der Waals surface area contributed by atoms with Crippen LogP contribution in [0.5, 0.6) is 0 Å². The SMILES string of the molecule is CC(C)(COC(=O)NC1(c2cc(Cl)cc(Cl)c2)CC1)NC(=O)OC(C)(C)C. The number of amides is 2. The standard InChI is InChI=1S/C19H26Cl2N2O4/c1-17(2,3)27-16(25)22-18(4,5)11-26-15(24)23-19(6-7-19)12-8-13(20)10-14(21)9-12/h8-10H,6-7,11H2,1-5H3,(H,22,25)(H,23,24). The molecule has 0 aliphatic heterocycles. The lowest BCUT2D eigenvalue weighted by Gasteiger charge is -2.28. The average Bonchev–Trinajstić information content (AvgIpc) is 3.22. The summed E-state index contributed by atoms with van der Waals surface area (Å²) in [5.74, 6) is 0. The monoisotopic (exact) mass is 416 g/mol. The number of ether oxygens (including phenoxy) is 2. The average molecular weight is 417 g/mol. The second-order valence-electron chi connectivity index (χ2n) is 8.45. The number of halogens is 2. The topological polar surface area (TPSA) is 76.7 Å². The molecule has 1 aromatic rings. The highest BCUT2D eigenvalue weighted by atomic mass is 35.5. The molecule has 0 atom stereocenters. The first kappa shape index (κ1) is 21.6. The highest BCUT2D eigenvalue weighted by molar-refractivity contribution is 6.34. The Labute approximate surface area is 169 Å². The van der Waals surface area contributed by atoms with Crippen molar-refractivity contribution >= 4 is 35.4 Å². The molecule has 8 heteroatoms. The lowest BCUT2D eigenvalue weighted by atomic mass is 10.1. The number of rotatable bonds is 5. The van der Waals surface area contributed by atoms with Crippen LogP contribution >= 0.6 is 23.2 Å². The summed E-state index contributed by atoms with van der Waals surface area (Å²) in [4.78, 5) is 24.2. The molecule has 0 aromatic heterocycles. The van der Waals surface area contributed by atoms with E-state index in [1.165, 1.54) is 0 Å². The predicted molar refractivity (Wildman–Crippen MR) is 105 cm³/mol. The van der Waals surface area contributed by atoms with Gasteiger partial charge in [-0.2, -0.15) is 0 Å². The van der Waals surface area contributed by atoms with Gasteiger partial charge in [0.05, 0.1) is 11.1 Å². The van der Waals surface area contributed by atoms with Crippen molar-refractivity contribution < 1.29 is 19.1 Å². The molecule has 0 bridgehead atoms. The van der Waals surface area contributed by atoms with E-state index >= 15 is 0 Å². The zero-order valence-electron chi connectivity index (χ0n) is 16.2. The Balaban J connectivity index is 1.89. The Bertz CT molecular complexity index is 705. The van der Waals surface area contributed by atoms with E-state index in [0.29, 0.717) is 10.0 Å². The highest BCUT2D eigenvalue weighted by Gasteiger charge is 2.46. The minimum atomic E-state index is -0.782. The molecule has 1 aliphatic rings. The quantitative estimate of drug-likeness (QED) is 0.706. The molecule has 0 spiro atoms. The molecule has 6 nitrogen and oxygen atoms in total. The largest absolute Gasteiger partial charge is 0.447 e. The Morgan fingerprint density at radius 1 is 1.04 bits per heavy atom. The van der Waals surface area contributed by atoms with Crippen LogP contribution in [0, 0.1) is 0 Å². The second-order valence-corrected chi connectivity index (χ2v) is 9.33. The molecule has 2 amide bonds. The van der Waals surface area contributed by atoms with E-state index in [9.17, 15) is 9.59 Å². The number of carbonyl (C=O) groups is 2. The van der Waals surface area contributed by atoms with E-state index < -0.39 is 28.9 Å². The molecule has 0 heterocycles. The van der Waals surface area contributed by atoms with E-state index in [2.05, 4.69) is 10.6 Å². The van der Waals surface area contributed by atoms with Crippen LogP contribution in [0.1, 0.15) is 53.0 Å². The van der Waals surface area contributed by atoms with E-state index in [1.54, 1.807) is 52.8 Å². The first-order valence-corrected chi connectivity index (χ1v) is 9.49. The zero-order valence-corrected chi connectivity index (χ0v) is 17.8. The maximum absolute atomic E-state index is 12.3. The van der Waals surface area contributed by atoms with Crippen molar-refractivity contribution in [3.8, 4) is 0 Å². The van der Waals surface area contributed by atoms with Gasteiger partial charge in [0.1, 0.15) is 12.2 Å². The summed E-state index contributed by atoms with van der Waals surface area (Å²) in [5.41, 5.74) is -1.04. The van der Waals surface area contributed by atoms with Crippen molar-refractivity contribution in [2.75, 3.05) is 6.61 Å². The molecule has 2 N–H and O–H groups in total. The Morgan fingerprint density at radius 3 is 2.07 bits per heavy atom. The van der Waals surface area contributed by atoms with Gasteiger partial charge in [-0.3, -0.25) is 0 Å². The van der Waals surface area contributed by atoms with Gasteiger partial charge in [-0.15, -0.1) is 0 Å². The van der Waals surface area contributed by atoms with E-state index in [-0.39, 0.29) is 6.61 Å². The van der Waals surface area contributed by atoms with Crippen LogP contribution in [0.3, 0.4) is 0 Å². The van der Waals surface area contributed by atoms with E-state index in [0.717, 1.165) is 18.4 Å². The summed E-state index contributed by atoms with van der Waals surface area (Å²) < 4.78 is 10.5. The van der Waals surface area contributed by atoms with Crippen molar-refractivity contribution in [1.82, 2.24) is 10.6 Å². The van der Waals surface area contributed by atoms with Crippen LogP contribution in [-0.4, -0.2) is 29.9 Å². The van der Waals surface area contributed by atoms with Crippen LogP contribution in [0.4, 0.5) is 9.59 Å². The molecule has 150 valence electrons. The Hall–Kier alpha value is -1.66. The molecule has 1 aromatic carbocycles. The van der Waals surface area contributed by atoms with Crippen LogP contribution < -0.4 is 10.6 Å². The fourth-order valence-corrected chi connectivity index (χ4v) is 3.06. The molecule has 1 aliphatic carbocycles. The van der Waals surface area contributed by atoms with Crippen molar-refractivity contribution in [2.24, 2.45) is 0 Å². The summed E-state index contributed by atoms with van der Waals surface area (Å²) in [5, 5.41) is 6.60. The summed E-state index contributed by atoms with van der Waals surface area (Å²) in [7, 11) is 0. The smallest absolute Gasteiger partial charge is 0.408 e. The van der Waals surface area contributed by atoms with Crippen molar-refractivity contribution in [3.05, 3.63) is 33.8 Å². The van der Waals surface area contributed by atoms with Crippen LogP contribution in [0.25, 0.3) is 0 Å². The first-order valence-electron chi connectivity index (χ1n) is 8.73. The Kier molecular flexibility index (Phi) is 6.22. The molecule has 1 saturated carbocycles. The predicted octanol–water partition coefficient (Wildman–Crippen LogP) is 5.01. The maximum atomic E-state index is 12.3. The molecule has 1 fully saturated rings. The van der Waals surface area contributed by atoms with Gasteiger partial charge in [-0.25, -0.2) is 9.59 Å². The van der Waals surface area contributed by atoms with Crippen LogP contribution in [-0.2, 0) is 15.0 Å². The molecule has 27 heavy (non-hydrogen) atoms. The number of carbonyl (C=O) groups excluding carboxylic acids is 2. The summed E-state index contributed by atoms with van der Waals surface area (Å²) >= 11 is 12.1. The maximum Gasteiger partial charge on any atom is 0.408 e. The van der Waals surface area contributed by atoms with Gasteiger partial charge in [0.25, 0.3) is 0 Å².